The van der Waals surface area contributed by atoms with Gasteiger partial charge in [-0.3, -0.25) is 0 Å². The molecule has 0 spiro atoms. The third-order valence-corrected chi connectivity index (χ3v) is 1.47. The van der Waals surface area contributed by atoms with Crippen LogP contribution in [-0.4, -0.2) is 11.2 Å². The molecule has 1 aliphatic rings. The quantitative estimate of drug-likeness (QED) is 0.336. The van der Waals surface area contributed by atoms with E-state index in [1.165, 1.54) is 0 Å². The van der Waals surface area contributed by atoms with Crippen molar-refractivity contribution in [3.63, 3.8) is 0 Å². The molecule has 1 nitrogen and oxygen atoms in total. The summed E-state index contributed by atoms with van der Waals surface area (Å²) in [5.41, 5.74) is 0. The predicted octanol–water partition coefficient (Wildman–Crippen LogP) is 1.36. The first-order valence-corrected chi connectivity index (χ1v) is 2.37. The monoisotopic (exact) mass is 106 g/mol. The fraction of sp³-hybridized carbons (Fsp3) is 1.00. The average Bonchev–Trinajstić information content (AvgIpc) is 1.73. The summed E-state index contributed by atoms with van der Waals surface area (Å²) in [5, 5.41) is -0.319. The lowest BCUT2D eigenvalue weighted by molar-refractivity contribution is 0.369. The zero-order valence-corrected chi connectivity index (χ0v) is 4.62. The Balaban J connectivity index is 2.41. The molecule has 0 radical (unpaired) electrons. The van der Waals surface area contributed by atoms with E-state index in [4.69, 9.17) is 16.3 Å². The van der Waals surface area contributed by atoms with Gasteiger partial charge in [0.25, 0.3) is 0 Å². The number of hydrogen-bond donors (Lipinski definition) is 0. The number of halogens is 1. The molecule has 0 bridgehead atoms. The van der Waals surface area contributed by atoms with Crippen molar-refractivity contribution in [1.82, 2.24) is 0 Å². The summed E-state index contributed by atoms with van der Waals surface area (Å²) < 4.78 is 4.87. The minimum atomic E-state index is -0.319. The Morgan fingerprint density at radius 1 is 1.83 bits per heavy atom. The van der Waals surface area contributed by atoms with Gasteiger partial charge in [-0.05, 0) is 13.8 Å². The molecule has 0 saturated carbocycles. The first kappa shape index (κ1) is 4.41. The number of rotatable bonds is 0. The SMILES string of the molecule is C[C@@H]1O[C@]1(C)Cl. The highest BCUT2D eigenvalue weighted by atomic mass is 35.5. The molecule has 1 rings (SSSR count). The van der Waals surface area contributed by atoms with Gasteiger partial charge in [0.15, 0.2) is 5.06 Å². The Hall–Kier alpha value is 0.250. The molecule has 6 heavy (non-hydrogen) atoms. The second-order valence-corrected chi connectivity index (χ2v) is 2.50. The molecular formula is C4H7ClO. The molecule has 0 aromatic carbocycles. The molecule has 0 unspecified atom stereocenters. The summed E-state index contributed by atoms with van der Waals surface area (Å²) in [4.78, 5) is 0. The van der Waals surface area contributed by atoms with Crippen molar-refractivity contribution in [2.75, 3.05) is 0 Å². The van der Waals surface area contributed by atoms with Crippen LogP contribution in [0.2, 0.25) is 0 Å². The van der Waals surface area contributed by atoms with Crippen molar-refractivity contribution < 1.29 is 4.74 Å². The lowest BCUT2D eigenvalue weighted by Crippen LogP contribution is -1.92. The Morgan fingerprint density at radius 3 is 2.00 bits per heavy atom. The highest BCUT2D eigenvalue weighted by molar-refractivity contribution is 6.24. The van der Waals surface area contributed by atoms with Gasteiger partial charge in [-0.1, -0.05) is 11.6 Å². The van der Waals surface area contributed by atoms with Gasteiger partial charge in [-0.15, -0.1) is 0 Å². The molecule has 1 fully saturated rings. The van der Waals surface area contributed by atoms with Gasteiger partial charge in [0, 0.05) is 0 Å². The Labute approximate surface area is 42.2 Å². The molecule has 0 amide bonds. The number of hydrogen-bond acceptors (Lipinski definition) is 1. The fourth-order valence-electron chi connectivity index (χ4n) is 0.312. The topological polar surface area (TPSA) is 12.5 Å². The fourth-order valence-corrected chi connectivity index (χ4v) is 0.445. The van der Waals surface area contributed by atoms with Crippen molar-refractivity contribution in [3.8, 4) is 0 Å². The standard InChI is InChI=1S/C4H7ClO/c1-3-4(2,5)6-3/h3H,1-2H3/t3-,4-/m0/s1. The third-order valence-electron chi connectivity index (χ3n) is 1.08. The summed E-state index contributed by atoms with van der Waals surface area (Å²) >= 11 is 5.57. The molecule has 1 aliphatic heterocycles. The van der Waals surface area contributed by atoms with E-state index in [-0.39, 0.29) is 11.2 Å². The van der Waals surface area contributed by atoms with Crippen molar-refractivity contribution in [2.24, 2.45) is 0 Å². The predicted molar refractivity (Wildman–Crippen MR) is 24.8 cm³/mol. The van der Waals surface area contributed by atoms with E-state index < -0.39 is 0 Å². The highest BCUT2D eigenvalue weighted by Gasteiger charge is 2.46. The van der Waals surface area contributed by atoms with Gasteiger partial charge in [0.05, 0.1) is 6.10 Å². The lowest BCUT2D eigenvalue weighted by atomic mass is 10.4. The van der Waals surface area contributed by atoms with Crippen LogP contribution in [0.25, 0.3) is 0 Å². The van der Waals surface area contributed by atoms with Crippen LogP contribution in [0, 0.1) is 0 Å². The summed E-state index contributed by atoms with van der Waals surface area (Å²) in [6, 6.07) is 0. The normalized spacial score (nSPS) is 55.5. The van der Waals surface area contributed by atoms with E-state index in [2.05, 4.69) is 0 Å². The second-order valence-electron chi connectivity index (χ2n) is 1.75. The van der Waals surface area contributed by atoms with E-state index in [0.717, 1.165) is 0 Å². The number of epoxide rings is 1. The molecular weight excluding hydrogens is 99.5 g/mol. The molecule has 1 heterocycles. The van der Waals surface area contributed by atoms with Gasteiger partial charge in [-0.25, -0.2) is 0 Å². The minimum absolute atomic E-state index is 0.263. The van der Waals surface area contributed by atoms with Crippen LogP contribution >= 0.6 is 11.6 Å². The van der Waals surface area contributed by atoms with Crippen molar-refractivity contribution in [1.29, 1.82) is 0 Å². The van der Waals surface area contributed by atoms with Crippen LogP contribution in [0.1, 0.15) is 13.8 Å². The van der Waals surface area contributed by atoms with Crippen LogP contribution in [0.15, 0.2) is 0 Å². The summed E-state index contributed by atoms with van der Waals surface area (Å²) in [5.74, 6) is 0. The maximum atomic E-state index is 5.57. The van der Waals surface area contributed by atoms with Crippen LogP contribution in [0.5, 0.6) is 0 Å². The summed E-state index contributed by atoms with van der Waals surface area (Å²) in [6.07, 6.45) is 0.263. The van der Waals surface area contributed by atoms with E-state index in [9.17, 15) is 0 Å². The lowest BCUT2D eigenvalue weighted by Gasteiger charge is -1.81. The van der Waals surface area contributed by atoms with Crippen LogP contribution in [0.4, 0.5) is 0 Å². The average molecular weight is 107 g/mol. The number of alkyl halides is 1. The first-order chi connectivity index (χ1) is 2.63. The van der Waals surface area contributed by atoms with Gasteiger partial charge in [0.2, 0.25) is 0 Å². The Bertz CT molecular complexity index is 69.9. The molecule has 0 aromatic heterocycles. The first-order valence-electron chi connectivity index (χ1n) is 1.99. The zero-order chi connectivity index (χ0) is 4.78. The molecule has 0 N–H and O–H groups in total. The maximum absolute atomic E-state index is 5.57. The zero-order valence-electron chi connectivity index (χ0n) is 3.86. The summed E-state index contributed by atoms with van der Waals surface area (Å²) in [7, 11) is 0. The smallest absolute Gasteiger partial charge is 0.165 e. The number of ether oxygens (including phenoxy) is 1. The van der Waals surface area contributed by atoms with Gasteiger partial charge >= 0.3 is 0 Å². The van der Waals surface area contributed by atoms with Crippen LogP contribution in [-0.2, 0) is 4.74 Å². The van der Waals surface area contributed by atoms with Gasteiger partial charge in [0.1, 0.15) is 0 Å². The molecule has 1 saturated heterocycles. The second kappa shape index (κ2) is 0.903. The molecule has 0 aliphatic carbocycles. The van der Waals surface area contributed by atoms with Crippen LogP contribution < -0.4 is 0 Å². The molecule has 2 heteroatoms. The largest absolute Gasteiger partial charge is 0.350 e. The van der Waals surface area contributed by atoms with E-state index in [1.807, 2.05) is 13.8 Å². The Kier molecular flexibility index (Phi) is 0.663. The van der Waals surface area contributed by atoms with E-state index in [0.29, 0.717) is 0 Å². The highest BCUT2D eigenvalue weighted by Crippen LogP contribution is 2.39. The van der Waals surface area contributed by atoms with E-state index in [1.54, 1.807) is 0 Å². The van der Waals surface area contributed by atoms with Gasteiger partial charge in [-0.2, -0.15) is 0 Å². The summed E-state index contributed by atoms with van der Waals surface area (Å²) in [6.45, 7) is 3.81. The van der Waals surface area contributed by atoms with Crippen molar-refractivity contribution >= 4 is 11.6 Å². The van der Waals surface area contributed by atoms with Gasteiger partial charge < -0.3 is 4.74 Å². The van der Waals surface area contributed by atoms with Crippen LogP contribution in [0.3, 0.4) is 0 Å². The Morgan fingerprint density at radius 2 is 2.00 bits per heavy atom. The molecule has 2 atom stereocenters. The van der Waals surface area contributed by atoms with E-state index >= 15 is 0 Å². The van der Waals surface area contributed by atoms with Crippen molar-refractivity contribution in [3.05, 3.63) is 0 Å². The van der Waals surface area contributed by atoms with Crippen molar-refractivity contribution in [2.45, 2.75) is 25.0 Å². The maximum Gasteiger partial charge on any atom is 0.165 e. The minimum Gasteiger partial charge on any atom is -0.350 e. The molecule has 0 aromatic rings. The third kappa shape index (κ3) is 0.525. The molecule has 36 valence electrons.